The topological polar surface area (TPSA) is 87.1 Å². The van der Waals surface area contributed by atoms with Crippen molar-refractivity contribution in [2.75, 3.05) is 18.1 Å². The maximum absolute atomic E-state index is 5.70. The summed E-state index contributed by atoms with van der Waals surface area (Å²) >= 11 is 5.02. The molecule has 0 unspecified atom stereocenters. The third-order valence-electron chi connectivity index (χ3n) is 2.93. The van der Waals surface area contributed by atoms with E-state index in [1.54, 1.807) is 6.07 Å². The molecular formula is C13H13BrN4OS. The number of anilines is 2. The van der Waals surface area contributed by atoms with E-state index in [1.165, 1.54) is 17.3 Å². The standard InChI is InChI=1S/C13H13BrN4OS/c14-9-3-7-1-2-19-12(7)8(4-9)6-20-13-17-10(15)5-11(16)18-13/h3-5H,1-2,6H2,(H4,15,16,17,18). The Morgan fingerprint density at radius 1 is 1.20 bits per heavy atom. The normalized spacial score (nSPS) is 13.1. The van der Waals surface area contributed by atoms with Gasteiger partial charge in [-0.05, 0) is 17.7 Å². The van der Waals surface area contributed by atoms with Gasteiger partial charge in [-0.2, -0.15) is 0 Å². The molecule has 1 aromatic carbocycles. The largest absolute Gasteiger partial charge is 0.493 e. The van der Waals surface area contributed by atoms with Crippen LogP contribution in [0.5, 0.6) is 5.75 Å². The Morgan fingerprint density at radius 3 is 2.70 bits per heavy atom. The van der Waals surface area contributed by atoms with Crippen molar-refractivity contribution in [2.24, 2.45) is 0 Å². The minimum atomic E-state index is 0.385. The summed E-state index contributed by atoms with van der Waals surface area (Å²) in [4.78, 5) is 8.32. The molecule has 20 heavy (non-hydrogen) atoms. The van der Waals surface area contributed by atoms with Crippen LogP contribution in [0.3, 0.4) is 0 Å². The Hall–Kier alpha value is -1.47. The molecule has 0 amide bonds. The number of benzene rings is 1. The summed E-state index contributed by atoms with van der Waals surface area (Å²) in [6.45, 7) is 0.741. The minimum absolute atomic E-state index is 0.385. The number of nitrogen functional groups attached to an aromatic ring is 2. The first-order valence-corrected chi connectivity index (χ1v) is 7.86. The molecule has 0 spiro atoms. The fourth-order valence-electron chi connectivity index (χ4n) is 2.12. The molecule has 3 rings (SSSR count). The van der Waals surface area contributed by atoms with Crippen LogP contribution in [0.4, 0.5) is 11.6 Å². The van der Waals surface area contributed by atoms with Crippen LogP contribution in [0.2, 0.25) is 0 Å². The zero-order chi connectivity index (χ0) is 14.1. The van der Waals surface area contributed by atoms with E-state index in [4.69, 9.17) is 16.2 Å². The quantitative estimate of drug-likeness (QED) is 0.652. The maximum Gasteiger partial charge on any atom is 0.191 e. The van der Waals surface area contributed by atoms with Gasteiger partial charge in [-0.25, -0.2) is 9.97 Å². The molecule has 1 aliphatic heterocycles. The zero-order valence-corrected chi connectivity index (χ0v) is 13.0. The average Bonchev–Trinajstić information content (AvgIpc) is 2.82. The minimum Gasteiger partial charge on any atom is -0.493 e. The summed E-state index contributed by atoms with van der Waals surface area (Å²) in [7, 11) is 0. The number of thioether (sulfide) groups is 1. The summed E-state index contributed by atoms with van der Waals surface area (Å²) in [6, 6.07) is 5.71. The van der Waals surface area contributed by atoms with E-state index in [2.05, 4.69) is 38.0 Å². The Balaban J connectivity index is 1.82. The van der Waals surface area contributed by atoms with E-state index in [9.17, 15) is 0 Å². The molecule has 0 saturated carbocycles. The van der Waals surface area contributed by atoms with Crippen LogP contribution < -0.4 is 16.2 Å². The van der Waals surface area contributed by atoms with Crippen LogP contribution in [-0.4, -0.2) is 16.6 Å². The molecule has 0 radical (unpaired) electrons. The smallest absolute Gasteiger partial charge is 0.191 e. The first-order valence-electron chi connectivity index (χ1n) is 6.09. The van der Waals surface area contributed by atoms with Crippen LogP contribution in [0, 0.1) is 0 Å². The Kier molecular flexibility index (Phi) is 3.71. The van der Waals surface area contributed by atoms with Crippen LogP contribution in [0.15, 0.2) is 27.8 Å². The lowest BCUT2D eigenvalue weighted by Crippen LogP contribution is -1.99. The summed E-state index contributed by atoms with van der Waals surface area (Å²) < 4.78 is 6.76. The van der Waals surface area contributed by atoms with Crippen LogP contribution in [-0.2, 0) is 12.2 Å². The lowest BCUT2D eigenvalue weighted by molar-refractivity contribution is 0.354. The van der Waals surface area contributed by atoms with E-state index in [-0.39, 0.29) is 0 Å². The van der Waals surface area contributed by atoms with Gasteiger partial charge in [0.15, 0.2) is 5.16 Å². The van der Waals surface area contributed by atoms with Gasteiger partial charge in [0.25, 0.3) is 0 Å². The average molecular weight is 353 g/mol. The molecule has 7 heteroatoms. The number of rotatable bonds is 3. The third kappa shape index (κ3) is 2.83. The maximum atomic E-state index is 5.70. The van der Waals surface area contributed by atoms with E-state index < -0.39 is 0 Å². The second-order valence-corrected chi connectivity index (χ2v) is 6.30. The SMILES string of the molecule is Nc1cc(N)nc(SCc2cc(Br)cc3c2OCC3)n1. The zero-order valence-electron chi connectivity index (χ0n) is 10.6. The van der Waals surface area contributed by atoms with Crippen molar-refractivity contribution in [3.63, 3.8) is 0 Å². The highest BCUT2D eigenvalue weighted by molar-refractivity contribution is 9.10. The van der Waals surface area contributed by atoms with Gasteiger partial charge in [0.05, 0.1) is 6.61 Å². The second kappa shape index (κ2) is 5.49. The van der Waals surface area contributed by atoms with Crippen LogP contribution in [0.1, 0.15) is 11.1 Å². The summed E-state index contributed by atoms with van der Waals surface area (Å²) in [5.74, 6) is 2.47. The van der Waals surface area contributed by atoms with Crippen molar-refractivity contribution in [1.29, 1.82) is 0 Å². The van der Waals surface area contributed by atoms with Gasteiger partial charge < -0.3 is 16.2 Å². The molecule has 5 nitrogen and oxygen atoms in total. The lowest BCUT2D eigenvalue weighted by Gasteiger charge is -2.08. The van der Waals surface area contributed by atoms with Gasteiger partial charge in [0.2, 0.25) is 0 Å². The van der Waals surface area contributed by atoms with Gasteiger partial charge in [-0.1, -0.05) is 27.7 Å². The first kappa shape index (κ1) is 13.5. The lowest BCUT2D eigenvalue weighted by atomic mass is 10.1. The molecule has 2 heterocycles. The van der Waals surface area contributed by atoms with Crippen LogP contribution >= 0.6 is 27.7 Å². The molecule has 1 aromatic heterocycles. The van der Waals surface area contributed by atoms with Crippen molar-refractivity contribution in [3.05, 3.63) is 33.8 Å². The van der Waals surface area contributed by atoms with Crippen molar-refractivity contribution in [3.8, 4) is 5.75 Å². The Labute approximate surface area is 129 Å². The van der Waals surface area contributed by atoms with Gasteiger partial charge in [-0.15, -0.1) is 0 Å². The van der Waals surface area contributed by atoms with Gasteiger partial charge in [0.1, 0.15) is 17.4 Å². The molecule has 4 N–H and O–H groups in total. The second-order valence-electron chi connectivity index (χ2n) is 4.44. The van der Waals surface area contributed by atoms with E-state index in [0.29, 0.717) is 22.5 Å². The number of hydrogen-bond acceptors (Lipinski definition) is 6. The Bertz CT molecular complexity index is 645. The molecule has 104 valence electrons. The summed E-state index contributed by atoms with van der Waals surface area (Å²) in [5.41, 5.74) is 13.7. The highest BCUT2D eigenvalue weighted by Gasteiger charge is 2.17. The summed E-state index contributed by atoms with van der Waals surface area (Å²) in [6.07, 6.45) is 0.953. The number of ether oxygens (including phenoxy) is 1. The van der Waals surface area contributed by atoms with Crippen molar-refractivity contribution < 1.29 is 4.74 Å². The predicted octanol–water partition coefficient (Wildman–Crippen LogP) is 2.63. The highest BCUT2D eigenvalue weighted by atomic mass is 79.9. The number of hydrogen-bond donors (Lipinski definition) is 2. The van der Waals surface area contributed by atoms with E-state index in [1.807, 2.05) is 0 Å². The number of nitrogens with zero attached hydrogens (tertiary/aromatic N) is 2. The number of fused-ring (bicyclic) bond motifs is 1. The number of nitrogens with two attached hydrogens (primary N) is 2. The molecule has 0 bridgehead atoms. The molecule has 0 aliphatic carbocycles. The molecule has 0 atom stereocenters. The van der Waals surface area contributed by atoms with Gasteiger partial charge in [0, 0.05) is 28.3 Å². The predicted molar refractivity (Wildman–Crippen MR) is 83.8 cm³/mol. The van der Waals surface area contributed by atoms with E-state index in [0.717, 1.165) is 28.8 Å². The molecular weight excluding hydrogens is 340 g/mol. The molecule has 2 aromatic rings. The van der Waals surface area contributed by atoms with Crippen molar-refractivity contribution >= 4 is 39.3 Å². The monoisotopic (exact) mass is 352 g/mol. The third-order valence-corrected chi connectivity index (χ3v) is 4.28. The van der Waals surface area contributed by atoms with Crippen molar-refractivity contribution in [2.45, 2.75) is 17.3 Å². The molecule has 0 saturated heterocycles. The fraction of sp³-hybridized carbons (Fsp3) is 0.231. The number of halogens is 1. The van der Waals surface area contributed by atoms with Gasteiger partial charge in [-0.3, -0.25) is 0 Å². The highest BCUT2D eigenvalue weighted by Crippen LogP contribution is 2.36. The van der Waals surface area contributed by atoms with Gasteiger partial charge >= 0.3 is 0 Å². The molecule has 0 fully saturated rings. The van der Waals surface area contributed by atoms with E-state index >= 15 is 0 Å². The number of aromatic nitrogens is 2. The van der Waals surface area contributed by atoms with Crippen molar-refractivity contribution in [1.82, 2.24) is 9.97 Å². The first-order chi connectivity index (χ1) is 9.61. The van der Waals surface area contributed by atoms with Crippen LogP contribution in [0.25, 0.3) is 0 Å². The molecule has 1 aliphatic rings. The Morgan fingerprint density at radius 2 is 1.95 bits per heavy atom. The summed E-state index contributed by atoms with van der Waals surface area (Å²) in [5, 5.41) is 0.578. The fourth-order valence-corrected chi connectivity index (χ4v) is 3.51.